The van der Waals surface area contributed by atoms with Gasteiger partial charge in [-0.2, -0.15) is 10.2 Å². The number of nitro groups is 1. The van der Waals surface area contributed by atoms with Crippen LogP contribution in [0.3, 0.4) is 0 Å². The number of nitrogens with zero attached hydrogens (tertiary/aromatic N) is 5. The maximum Gasteiger partial charge on any atom is 0.309 e. The number of hydrogen-bond acceptors (Lipinski definition) is 5. The number of aryl methyl sites for hydroxylation is 2. The first-order valence-electron chi connectivity index (χ1n) is 6.97. The number of aromatic nitrogens is 4. The Morgan fingerprint density at radius 1 is 1.41 bits per heavy atom. The Balaban J connectivity index is 1.84. The lowest BCUT2D eigenvalue weighted by Gasteiger charge is -2.07. The fourth-order valence-corrected chi connectivity index (χ4v) is 2.12. The van der Waals surface area contributed by atoms with Gasteiger partial charge in [0.15, 0.2) is 0 Å². The standard InChI is InChI=1S/C13H18N6O3/c1-3-17-11(4-6-15-17)8-14-13(20)5-7-18-10(2)12(9-16-18)19(21)22/h4,6,9H,3,5,7-8H2,1-2H3,(H,14,20). The summed E-state index contributed by atoms with van der Waals surface area (Å²) in [6.45, 7) is 5.05. The summed E-state index contributed by atoms with van der Waals surface area (Å²) in [5, 5.41) is 21.6. The summed E-state index contributed by atoms with van der Waals surface area (Å²) in [7, 11) is 0. The van der Waals surface area contributed by atoms with Gasteiger partial charge in [0, 0.05) is 19.2 Å². The number of hydrogen-bond donors (Lipinski definition) is 1. The second-order valence-corrected chi connectivity index (χ2v) is 4.76. The van der Waals surface area contributed by atoms with Gasteiger partial charge in [0.1, 0.15) is 11.9 Å². The molecule has 0 bridgehead atoms. The molecule has 0 saturated carbocycles. The monoisotopic (exact) mass is 306 g/mol. The van der Waals surface area contributed by atoms with Crippen LogP contribution in [-0.4, -0.2) is 30.4 Å². The van der Waals surface area contributed by atoms with Crippen molar-refractivity contribution in [3.63, 3.8) is 0 Å². The minimum absolute atomic E-state index is 0.0349. The fraction of sp³-hybridized carbons (Fsp3) is 0.462. The predicted molar refractivity (Wildman–Crippen MR) is 78.0 cm³/mol. The van der Waals surface area contributed by atoms with Gasteiger partial charge in [-0.1, -0.05) is 0 Å². The zero-order valence-corrected chi connectivity index (χ0v) is 12.5. The van der Waals surface area contributed by atoms with Crippen molar-refractivity contribution in [2.75, 3.05) is 0 Å². The lowest BCUT2D eigenvalue weighted by molar-refractivity contribution is -0.385. The topological polar surface area (TPSA) is 108 Å². The third kappa shape index (κ3) is 3.48. The summed E-state index contributed by atoms with van der Waals surface area (Å²) in [6, 6.07) is 1.85. The van der Waals surface area contributed by atoms with Crippen molar-refractivity contribution >= 4 is 11.6 Å². The van der Waals surface area contributed by atoms with E-state index in [4.69, 9.17) is 0 Å². The molecule has 2 aromatic rings. The number of amides is 1. The minimum Gasteiger partial charge on any atom is -0.350 e. The summed E-state index contributed by atoms with van der Waals surface area (Å²) < 4.78 is 3.27. The van der Waals surface area contributed by atoms with E-state index in [0.29, 0.717) is 18.8 Å². The zero-order valence-electron chi connectivity index (χ0n) is 12.5. The molecule has 0 spiro atoms. The van der Waals surface area contributed by atoms with Crippen LogP contribution in [0.1, 0.15) is 24.7 Å². The van der Waals surface area contributed by atoms with Crippen molar-refractivity contribution in [3.05, 3.63) is 40.0 Å². The largest absolute Gasteiger partial charge is 0.350 e. The SMILES string of the molecule is CCn1nccc1CNC(=O)CCn1ncc([N+](=O)[O-])c1C. The van der Waals surface area contributed by atoms with E-state index in [9.17, 15) is 14.9 Å². The van der Waals surface area contributed by atoms with E-state index < -0.39 is 4.92 Å². The van der Waals surface area contributed by atoms with Gasteiger partial charge in [-0.15, -0.1) is 0 Å². The molecule has 0 saturated heterocycles. The molecule has 0 atom stereocenters. The molecule has 0 radical (unpaired) electrons. The van der Waals surface area contributed by atoms with E-state index in [1.807, 2.05) is 13.0 Å². The van der Waals surface area contributed by atoms with Crippen LogP contribution in [0.4, 0.5) is 5.69 Å². The number of carbonyl (C=O) groups excluding carboxylic acids is 1. The highest BCUT2D eigenvalue weighted by atomic mass is 16.6. The second kappa shape index (κ2) is 6.83. The highest BCUT2D eigenvalue weighted by Crippen LogP contribution is 2.16. The van der Waals surface area contributed by atoms with Gasteiger partial charge in [-0.25, -0.2) is 0 Å². The smallest absolute Gasteiger partial charge is 0.309 e. The molecule has 0 aromatic carbocycles. The summed E-state index contributed by atoms with van der Waals surface area (Å²) in [5.74, 6) is -0.138. The van der Waals surface area contributed by atoms with Gasteiger partial charge >= 0.3 is 5.69 Å². The molecular weight excluding hydrogens is 288 g/mol. The molecule has 0 aliphatic carbocycles. The Bertz CT molecular complexity index is 675. The van der Waals surface area contributed by atoms with Crippen LogP contribution < -0.4 is 5.32 Å². The zero-order chi connectivity index (χ0) is 16.1. The van der Waals surface area contributed by atoms with E-state index in [0.717, 1.165) is 12.2 Å². The summed E-state index contributed by atoms with van der Waals surface area (Å²) >= 11 is 0. The molecule has 0 aliphatic heterocycles. The minimum atomic E-state index is -0.481. The fourth-order valence-electron chi connectivity index (χ4n) is 2.12. The molecule has 9 heteroatoms. The first-order chi connectivity index (χ1) is 10.5. The maximum atomic E-state index is 11.8. The molecule has 118 valence electrons. The number of rotatable bonds is 7. The average molecular weight is 306 g/mol. The van der Waals surface area contributed by atoms with Crippen molar-refractivity contribution in [2.24, 2.45) is 0 Å². The predicted octanol–water partition coefficient (Wildman–Crippen LogP) is 1.02. The van der Waals surface area contributed by atoms with Gasteiger partial charge in [0.05, 0.1) is 23.7 Å². The van der Waals surface area contributed by atoms with Gasteiger partial charge < -0.3 is 5.32 Å². The van der Waals surface area contributed by atoms with Crippen LogP contribution in [-0.2, 0) is 24.4 Å². The molecule has 1 N–H and O–H groups in total. The Morgan fingerprint density at radius 2 is 2.18 bits per heavy atom. The van der Waals surface area contributed by atoms with Gasteiger partial charge in [0.2, 0.25) is 5.91 Å². The van der Waals surface area contributed by atoms with Crippen molar-refractivity contribution in [2.45, 2.75) is 39.9 Å². The van der Waals surface area contributed by atoms with Crippen molar-refractivity contribution in [3.8, 4) is 0 Å². The van der Waals surface area contributed by atoms with Crippen LogP contribution in [0.2, 0.25) is 0 Å². The summed E-state index contributed by atoms with van der Waals surface area (Å²) in [5.41, 5.74) is 1.34. The van der Waals surface area contributed by atoms with Gasteiger partial charge in [0.25, 0.3) is 0 Å². The molecule has 2 aromatic heterocycles. The van der Waals surface area contributed by atoms with Crippen molar-refractivity contribution in [1.82, 2.24) is 24.9 Å². The molecule has 9 nitrogen and oxygen atoms in total. The van der Waals surface area contributed by atoms with Gasteiger partial charge in [-0.3, -0.25) is 24.3 Å². The highest BCUT2D eigenvalue weighted by molar-refractivity contribution is 5.75. The number of carbonyl (C=O) groups is 1. The molecule has 0 unspecified atom stereocenters. The lowest BCUT2D eigenvalue weighted by Crippen LogP contribution is -2.25. The molecule has 2 heterocycles. The Kier molecular flexibility index (Phi) is 4.87. The van der Waals surface area contributed by atoms with Crippen LogP contribution in [0.15, 0.2) is 18.5 Å². The Morgan fingerprint density at radius 3 is 2.82 bits per heavy atom. The molecule has 22 heavy (non-hydrogen) atoms. The van der Waals surface area contributed by atoms with E-state index in [1.165, 1.54) is 10.9 Å². The summed E-state index contributed by atoms with van der Waals surface area (Å²) in [4.78, 5) is 22.1. The molecular formula is C13H18N6O3. The molecule has 1 amide bonds. The van der Waals surface area contributed by atoms with Crippen molar-refractivity contribution < 1.29 is 9.72 Å². The Labute approximate surface area is 127 Å². The van der Waals surface area contributed by atoms with E-state index in [1.54, 1.807) is 17.8 Å². The second-order valence-electron chi connectivity index (χ2n) is 4.76. The average Bonchev–Trinajstić information content (AvgIpc) is 3.09. The van der Waals surface area contributed by atoms with E-state index >= 15 is 0 Å². The van der Waals surface area contributed by atoms with Gasteiger partial charge in [-0.05, 0) is 19.9 Å². The molecule has 0 fully saturated rings. The quantitative estimate of drug-likeness (QED) is 0.607. The first kappa shape index (κ1) is 15.7. The maximum absolute atomic E-state index is 11.8. The first-order valence-corrected chi connectivity index (χ1v) is 6.97. The number of nitrogens with one attached hydrogen (secondary N) is 1. The Hall–Kier alpha value is -2.71. The third-order valence-corrected chi connectivity index (χ3v) is 3.40. The van der Waals surface area contributed by atoms with E-state index in [2.05, 4.69) is 15.5 Å². The highest BCUT2D eigenvalue weighted by Gasteiger charge is 2.16. The molecule has 2 rings (SSSR count). The van der Waals surface area contributed by atoms with Crippen LogP contribution in [0.25, 0.3) is 0 Å². The molecule has 0 aliphatic rings. The lowest BCUT2D eigenvalue weighted by atomic mass is 10.3. The van der Waals surface area contributed by atoms with Crippen LogP contribution >= 0.6 is 0 Å². The third-order valence-electron chi connectivity index (χ3n) is 3.40. The van der Waals surface area contributed by atoms with Crippen molar-refractivity contribution in [1.29, 1.82) is 0 Å². The summed E-state index contributed by atoms with van der Waals surface area (Å²) in [6.07, 6.45) is 3.10. The van der Waals surface area contributed by atoms with E-state index in [-0.39, 0.29) is 18.0 Å². The normalized spacial score (nSPS) is 10.6. The van der Waals surface area contributed by atoms with Crippen LogP contribution in [0, 0.1) is 17.0 Å². The van der Waals surface area contributed by atoms with Crippen LogP contribution in [0.5, 0.6) is 0 Å².